The van der Waals surface area contributed by atoms with Gasteiger partial charge in [-0.05, 0) is 87.3 Å². The smallest absolute Gasteiger partial charge is 0.223 e. The van der Waals surface area contributed by atoms with Crippen molar-refractivity contribution in [1.82, 2.24) is 10.3 Å². The Morgan fingerprint density at radius 2 is 1.56 bits per heavy atom. The van der Waals surface area contributed by atoms with Crippen LogP contribution in [0.25, 0.3) is 0 Å². The standard InChI is InChI=1S/C32H40N4O3/c1-22-27(17-21-31(33)34-22)16-20-30(38)23(2)35-32(39)28(15-12-25-8-5-4-6-9-25)11-7-10-26-13-18-29(19-14-26)36-24(3)37/h4-6,8-9,13-14,17-19,21,23,28H,7,10-12,15-16,20H2,1-3H3,(H2,33,34)(H,35,39)(H,36,37)/t23-,28+/m0/s1. The van der Waals surface area contributed by atoms with Gasteiger partial charge in [0.15, 0.2) is 5.78 Å². The summed E-state index contributed by atoms with van der Waals surface area (Å²) in [5, 5.41) is 5.76. The fourth-order valence-electron chi connectivity index (χ4n) is 4.66. The first-order valence-corrected chi connectivity index (χ1v) is 13.7. The Hall–Kier alpha value is -4.00. The third-order valence-corrected chi connectivity index (χ3v) is 6.99. The number of Topliss-reactive ketones (excluding diaryl/α,β-unsaturated/α-hetero) is 1. The molecule has 3 aromatic rings. The molecule has 0 radical (unpaired) electrons. The lowest BCUT2D eigenvalue weighted by atomic mass is 9.92. The molecule has 7 nitrogen and oxygen atoms in total. The van der Waals surface area contributed by atoms with E-state index in [4.69, 9.17) is 5.73 Å². The summed E-state index contributed by atoms with van der Waals surface area (Å²) in [4.78, 5) is 41.6. The van der Waals surface area contributed by atoms with Gasteiger partial charge in [-0.1, -0.05) is 48.5 Å². The van der Waals surface area contributed by atoms with Gasteiger partial charge < -0.3 is 16.4 Å². The highest BCUT2D eigenvalue weighted by Gasteiger charge is 2.23. The van der Waals surface area contributed by atoms with Gasteiger partial charge in [0.05, 0.1) is 6.04 Å². The van der Waals surface area contributed by atoms with Crippen LogP contribution in [0.2, 0.25) is 0 Å². The van der Waals surface area contributed by atoms with Crippen molar-refractivity contribution in [1.29, 1.82) is 0 Å². The molecule has 3 rings (SSSR count). The number of nitrogens with two attached hydrogens (primary N) is 1. The van der Waals surface area contributed by atoms with Crippen LogP contribution in [-0.2, 0) is 33.6 Å². The Balaban J connectivity index is 1.55. The van der Waals surface area contributed by atoms with Crippen LogP contribution in [0.3, 0.4) is 0 Å². The highest BCUT2D eigenvalue weighted by atomic mass is 16.2. The number of hydrogen-bond donors (Lipinski definition) is 3. The zero-order valence-electron chi connectivity index (χ0n) is 23.2. The molecule has 2 amide bonds. The molecule has 1 aromatic heterocycles. The second kappa shape index (κ2) is 14.8. The number of aryl methyl sites for hydroxylation is 4. The normalized spacial score (nSPS) is 12.4. The predicted molar refractivity (Wildman–Crippen MR) is 156 cm³/mol. The van der Waals surface area contributed by atoms with Crippen molar-refractivity contribution in [3.8, 4) is 0 Å². The van der Waals surface area contributed by atoms with E-state index >= 15 is 0 Å². The third-order valence-electron chi connectivity index (χ3n) is 6.99. The Bertz CT molecular complexity index is 1240. The number of hydrogen-bond acceptors (Lipinski definition) is 5. The number of nitrogens with zero attached hydrogens (tertiary/aromatic N) is 1. The molecule has 4 N–H and O–H groups in total. The van der Waals surface area contributed by atoms with Crippen LogP contribution in [0.15, 0.2) is 66.7 Å². The number of nitrogens with one attached hydrogen (secondary N) is 2. The average Bonchev–Trinajstić information content (AvgIpc) is 2.91. The molecular weight excluding hydrogens is 488 g/mol. The number of nitrogen functional groups attached to an aromatic ring is 1. The molecule has 0 saturated carbocycles. The van der Waals surface area contributed by atoms with E-state index in [0.717, 1.165) is 48.2 Å². The summed E-state index contributed by atoms with van der Waals surface area (Å²) in [5.41, 5.74) is 10.7. The maximum Gasteiger partial charge on any atom is 0.223 e. The first-order valence-electron chi connectivity index (χ1n) is 13.7. The summed E-state index contributed by atoms with van der Waals surface area (Å²) in [6.07, 6.45) is 4.82. The molecular formula is C32H40N4O3. The first-order chi connectivity index (χ1) is 18.7. The van der Waals surface area contributed by atoms with E-state index in [9.17, 15) is 14.4 Å². The Kier molecular flexibility index (Phi) is 11.2. The molecule has 0 aliphatic carbocycles. The lowest BCUT2D eigenvalue weighted by Crippen LogP contribution is -2.42. The van der Waals surface area contributed by atoms with E-state index < -0.39 is 6.04 Å². The van der Waals surface area contributed by atoms with E-state index in [-0.39, 0.29) is 23.5 Å². The van der Waals surface area contributed by atoms with Crippen molar-refractivity contribution in [2.24, 2.45) is 5.92 Å². The third kappa shape index (κ3) is 10.0. The molecule has 0 spiro atoms. The minimum Gasteiger partial charge on any atom is -0.384 e. The molecule has 0 fully saturated rings. The summed E-state index contributed by atoms with van der Waals surface area (Å²) in [6, 6.07) is 21.0. The zero-order chi connectivity index (χ0) is 28.2. The second-order valence-electron chi connectivity index (χ2n) is 10.2. The number of rotatable bonds is 14. The number of pyridine rings is 1. The van der Waals surface area contributed by atoms with Crippen molar-refractivity contribution in [3.63, 3.8) is 0 Å². The van der Waals surface area contributed by atoms with E-state index in [1.54, 1.807) is 13.0 Å². The highest BCUT2D eigenvalue weighted by Crippen LogP contribution is 2.19. The molecule has 2 atom stereocenters. The van der Waals surface area contributed by atoms with Gasteiger partial charge >= 0.3 is 0 Å². The van der Waals surface area contributed by atoms with E-state index in [1.165, 1.54) is 12.5 Å². The average molecular weight is 529 g/mol. The number of carbonyl (C=O) groups is 3. The quantitative estimate of drug-likeness (QED) is 0.266. The SMILES string of the molecule is CC(=O)Nc1ccc(CCC[C@H](CCc2ccccc2)C(=O)N[C@@H](C)C(=O)CCc2ccc(N)nc2C)cc1. The van der Waals surface area contributed by atoms with Gasteiger partial charge in [-0.25, -0.2) is 4.98 Å². The molecule has 0 saturated heterocycles. The Morgan fingerprint density at radius 3 is 2.23 bits per heavy atom. The zero-order valence-corrected chi connectivity index (χ0v) is 23.2. The van der Waals surface area contributed by atoms with Crippen molar-refractivity contribution < 1.29 is 14.4 Å². The van der Waals surface area contributed by atoms with Gasteiger partial charge in [0.1, 0.15) is 5.82 Å². The number of anilines is 2. The molecule has 1 heterocycles. The fraction of sp³-hybridized carbons (Fsp3) is 0.375. The molecule has 206 valence electrons. The number of ketones is 1. The Morgan fingerprint density at radius 1 is 0.872 bits per heavy atom. The molecule has 0 aliphatic rings. The number of amides is 2. The molecule has 7 heteroatoms. The van der Waals surface area contributed by atoms with Crippen LogP contribution in [0.4, 0.5) is 11.5 Å². The molecule has 0 unspecified atom stereocenters. The monoisotopic (exact) mass is 528 g/mol. The summed E-state index contributed by atoms with van der Waals surface area (Å²) >= 11 is 0. The topological polar surface area (TPSA) is 114 Å². The lowest BCUT2D eigenvalue weighted by molar-refractivity contribution is -0.130. The summed E-state index contributed by atoms with van der Waals surface area (Å²) in [7, 11) is 0. The first kappa shape index (κ1) is 29.6. The van der Waals surface area contributed by atoms with Crippen molar-refractivity contribution in [2.45, 2.75) is 71.8 Å². The van der Waals surface area contributed by atoms with Crippen molar-refractivity contribution in [2.75, 3.05) is 11.1 Å². The van der Waals surface area contributed by atoms with Gasteiger partial charge in [-0.3, -0.25) is 14.4 Å². The molecule has 0 bridgehead atoms. The van der Waals surface area contributed by atoms with Crippen LogP contribution < -0.4 is 16.4 Å². The van der Waals surface area contributed by atoms with Crippen molar-refractivity contribution >= 4 is 29.1 Å². The van der Waals surface area contributed by atoms with Gasteiger partial charge in [-0.2, -0.15) is 0 Å². The second-order valence-corrected chi connectivity index (χ2v) is 10.2. The van der Waals surface area contributed by atoms with Gasteiger partial charge in [0.25, 0.3) is 0 Å². The highest BCUT2D eigenvalue weighted by molar-refractivity contribution is 5.89. The predicted octanol–water partition coefficient (Wildman–Crippen LogP) is 5.21. The summed E-state index contributed by atoms with van der Waals surface area (Å²) < 4.78 is 0. The number of benzene rings is 2. The van der Waals surface area contributed by atoms with Crippen LogP contribution in [-0.4, -0.2) is 28.6 Å². The minimum absolute atomic E-state index is 0.000597. The van der Waals surface area contributed by atoms with Crippen LogP contribution >= 0.6 is 0 Å². The van der Waals surface area contributed by atoms with E-state index in [1.807, 2.05) is 55.5 Å². The van der Waals surface area contributed by atoms with E-state index in [0.29, 0.717) is 25.1 Å². The van der Waals surface area contributed by atoms with E-state index in [2.05, 4.69) is 27.8 Å². The van der Waals surface area contributed by atoms with Crippen LogP contribution in [0.1, 0.15) is 61.9 Å². The van der Waals surface area contributed by atoms with Crippen LogP contribution in [0.5, 0.6) is 0 Å². The summed E-state index contributed by atoms with van der Waals surface area (Å²) in [5.74, 6) is 0.105. The summed E-state index contributed by atoms with van der Waals surface area (Å²) in [6.45, 7) is 5.14. The van der Waals surface area contributed by atoms with Gasteiger partial charge in [-0.15, -0.1) is 0 Å². The van der Waals surface area contributed by atoms with Gasteiger partial charge in [0, 0.05) is 30.6 Å². The van der Waals surface area contributed by atoms with Crippen molar-refractivity contribution in [3.05, 3.63) is 89.1 Å². The molecule has 0 aliphatic heterocycles. The van der Waals surface area contributed by atoms with Crippen LogP contribution in [0, 0.1) is 12.8 Å². The maximum absolute atomic E-state index is 13.3. The lowest BCUT2D eigenvalue weighted by Gasteiger charge is -2.20. The molecule has 39 heavy (non-hydrogen) atoms. The number of carbonyl (C=O) groups excluding carboxylic acids is 3. The number of aromatic nitrogens is 1. The fourth-order valence-corrected chi connectivity index (χ4v) is 4.66. The minimum atomic E-state index is -0.555. The van der Waals surface area contributed by atoms with Gasteiger partial charge in [0.2, 0.25) is 11.8 Å². The largest absolute Gasteiger partial charge is 0.384 e. The molecule has 2 aromatic carbocycles. The Labute approximate surface area is 231 Å². The maximum atomic E-state index is 13.3.